The van der Waals surface area contributed by atoms with E-state index in [1.54, 1.807) is 44.3 Å². The number of thiazole rings is 1. The molecule has 0 bridgehead atoms. The number of nitrogens with zero attached hydrogens (tertiary/aromatic N) is 6. The van der Waals surface area contributed by atoms with E-state index in [9.17, 15) is 14.4 Å². The highest BCUT2D eigenvalue weighted by Crippen LogP contribution is 2.44. The molecule has 0 saturated carbocycles. The normalized spacial score (nSPS) is 15.9. The average molecular weight is 1020 g/mol. The molecule has 2 atom stereocenters. The van der Waals surface area contributed by atoms with E-state index in [0.29, 0.717) is 22.2 Å². The molecular formula is C53H48N8O6S4. The Morgan fingerprint density at radius 3 is 1.92 bits per heavy atom. The summed E-state index contributed by atoms with van der Waals surface area (Å²) in [5.41, 5.74) is 3.05. The third kappa shape index (κ3) is 11.0. The monoisotopic (exact) mass is 1020 g/mol. The van der Waals surface area contributed by atoms with Crippen LogP contribution >= 0.6 is 47.1 Å². The molecule has 14 nitrogen and oxygen atoms in total. The SMILES string of the molecule is Cn1ncc(SCC2=C(C(=S)OC(c3ccccc3)c3ccccc3)N3C(=O)[C@@H](NC(=O)/C(=N/OC(c4ccccc4)(c4ccccc4)c4ccccc4)c4csc(NC(=O)OC(C)(C)C)n4)[C@H]3SC2)n1. The molecule has 3 amide bonds. The fourth-order valence-corrected chi connectivity index (χ4v) is 11.5. The maximum absolute atomic E-state index is 15.0. The van der Waals surface area contributed by atoms with Gasteiger partial charge in [-0.25, -0.2) is 9.78 Å². The van der Waals surface area contributed by atoms with Gasteiger partial charge in [-0.3, -0.25) is 19.8 Å². The molecule has 18 heteroatoms. The van der Waals surface area contributed by atoms with Gasteiger partial charge in [0.2, 0.25) is 10.7 Å². The number of fused-ring (bicyclic) bond motifs is 1. The number of β-lactam (4-membered cyclic amide) rings is 1. The number of thiocarbonyl (C=S) groups is 1. The number of benzene rings is 5. The van der Waals surface area contributed by atoms with Gasteiger partial charge >= 0.3 is 6.09 Å². The van der Waals surface area contributed by atoms with Crippen LogP contribution in [0.2, 0.25) is 0 Å². The largest absolute Gasteiger partial charge is 0.469 e. The minimum Gasteiger partial charge on any atom is -0.469 e. The van der Waals surface area contributed by atoms with Crippen molar-refractivity contribution in [2.24, 2.45) is 12.2 Å². The number of nitrogens with one attached hydrogen (secondary N) is 2. The van der Waals surface area contributed by atoms with Crippen molar-refractivity contribution in [1.82, 2.24) is 30.2 Å². The van der Waals surface area contributed by atoms with Crippen LogP contribution in [0.4, 0.5) is 9.93 Å². The van der Waals surface area contributed by atoms with Gasteiger partial charge in [0.1, 0.15) is 33.8 Å². The fraction of sp³-hybridized carbons (Fsp3) is 0.208. The topological polar surface area (TPSA) is 162 Å². The van der Waals surface area contributed by atoms with Gasteiger partial charge in [-0.05, 0) is 49.7 Å². The van der Waals surface area contributed by atoms with Crippen LogP contribution in [0, 0.1) is 0 Å². The van der Waals surface area contributed by atoms with Crippen molar-refractivity contribution in [2.45, 2.75) is 54.5 Å². The molecule has 1 fully saturated rings. The van der Waals surface area contributed by atoms with Gasteiger partial charge in [0.05, 0.1) is 11.9 Å². The highest BCUT2D eigenvalue weighted by Gasteiger charge is 2.54. The quantitative estimate of drug-likeness (QED) is 0.0236. The molecule has 71 heavy (non-hydrogen) atoms. The Bertz CT molecular complexity index is 2940. The van der Waals surface area contributed by atoms with Crippen LogP contribution in [0.25, 0.3) is 0 Å². The van der Waals surface area contributed by atoms with Crippen molar-refractivity contribution in [3.63, 3.8) is 0 Å². The van der Waals surface area contributed by atoms with E-state index in [4.69, 9.17) is 31.7 Å². The lowest BCUT2D eigenvalue weighted by molar-refractivity contribution is -0.144. The van der Waals surface area contributed by atoms with Gasteiger partial charge in [0.15, 0.2) is 10.8 Å². The lowest BCUT2D eigenvalue weighted by atomic mass is 9.80. The molecule has 4 heterocycles. The van der Waals surface area contributed by atoms with Crippen LogP contribution in [0.3, 0.4) is 0 Å². The number of anilines is 1. The van der Waals surface area contributed by atoms with Crippen LogP contribution in [0.5, 0.6) is 0 Å². The second kappa shape index (κ2) is 21.5. The summed E-state index contributed by atoms with van der Waals surface area (Å²) in [6.07, 6.45) is 0.389. The molecule has 7 aromatic rings. The van der Waals surface area contributed by atoms with Gasteiger partial charge in [-0.1, -0.05) is 169 Å². The minimum atomic E-state index is -1.36. The first-order valence-electron chi connectivity index (χ1n) is 22.5. The third-order valence-corrected chi connectivity index (χ3v) is 14.7. The summed E-state index contributed by atoms with van der Waals surface area (Å²) in [4.78, 5) is 57.1. The first-order valence-corrected chi connectivity index (χ1v) is 25.9. The maximum atomic E-state index is 15.0. The Kier molecular flexibility index (Phi) is 14.8. The summed E-state index contributed by atoms with van der Waals surface area (Å²) >= 11 is 10.2. The Balaban J connectivity index is 1.06. The number of hydrogen-bond donors (Lipinski definition) is 2. The van der Waals surface area contributed by atoms with Crippen molar-refractivity contribution in [3.8, 4) is 0 Å². The van der Waals surface area contributed by atoms with E-state index < -0.39 is 46.6 Å². The van der Waals surface area contributed by atoms with Crippen molar-refractivity contribution in [2.75, 3.05) is 16.8 Å². The predicted octanol–water partition coefficient (Wildman–Crippen LogP) is 9.91. The molecule has 2 N–H and O–H groups in total. The minimum absolute atomic E-state index is 0.0907. The molecule has 0 aliphatic carbocycles. The summed E-state index contributed by atoms with van der Waals surface area (Å²) in [5.74, 6) is -0.212. The summed E-state index contributed by atoms with van der Waals surface area (Å²) in [5, 5.41) is 21.0. The summed E-state index contributed by atoms with van der Waals surface area (Å²) in [6, 6.07) is 47.3. The molecule has 9 rings (SSSR count). The standard InChI is InChI=1S/C53H48N8O6S4/c1-52(2,3)66-51(64)57-50-55-40(33-71-50)42(59-67-53(37-24-14-7-15-25-37,38-26-16-8-17-27-38)39-28-18-9-19-29-39)46(62)56-43-47(63)61-44(36(32-70-48(43)61)31-69-41-30-54-60(4)58-41)49(68)65-45(34-20-10-5-11-21-34)35-22-12-6-13-23-35/h5-30,33,43,45,48H,31-32H2,1-4H3,(H,56,62)(H,55,57,64)/b59-42+/t43-,48-/m1/s1. The van der Waals surface area contributed by atoms with Crippen molar-refractivity contribution in [1.29, 1.82) is 0 Å². The summed E-state index contributed by atoms with van der Waals surface area (Å²) < 4.78 is 12.2. The zero-order valence-corrected chi connectivity index (χ0v) is 42.3. The number of amides is 3. The summed E-state index contributed by atoms with van der Waals surface area (Å²) in [7, 11) is 1.75. The van der Waals surface area contributed by atoms with Gasteiger partial charge in [0.25, 0.3) is 11.8 Å². The number of thioether (sulfide) groups is 2. The Labute approximate surface area is 428 Å². The average Bonchev–Trinajstić information content (AvgIpc) is 4.03. The predicted molar refractivity (Wildman–Crippen MR) is 281 cm³/mol. The molecule has 0 radical (unpaired) electrons. The first kappa shape index (κ1) is 48.9. The van der Waals surface area contributed by atoms with Crippen molar-refractivity contribution < 1.29 is 28.7 Å². The van der Waals surface area contributed by atoms with Crippen molar-refractivity contribution >= 4 is 80.9 Å². The number of carbonyl (C=O) groups is 3. The fourth-order valence-electron chi connectivity index (χ4n) is 8.12. The van der Waals surface area contributed by atoms with E-state index in [0.717, 1.165) is 44.7 Å². The molecule has 360 valence electrons. The van der Waals surface area contributed by atoms with E-state index >= 15 is 0 Å². The number of hydrogen-bond acceptors (Lipinski definition) is 14. The smallest absolute Gasteiger partial charge is 0.413 e. The number of aromatic nitrogens is 4. The van der Waals surface area contributed by atoms with Crippen molar-refractivity contribution in [3.05, 3.63) is 208 Å². The van der Waals surface area contributed by atoms with Gasteiger partial charge < -0.3 is 19.6 Å². The summed E-state index contributed by atoms with van der Waals surface area (Å²) in [6.45, 7) is 5.26. The zero-order chi connectivity index (χ0) is 49.5. The van der Waals surface area contributed by atoms with E-state index in [-0.39, 0.29) is 21.6 Å². The molecule has 2 aliphatic heterocycles. The van der Waals surface area contributed by atoms with Gasteiger partial charge in [0, 0.05) is 40.6 Å². The highest BCUT2D eigenvalue weighted by atomic mass is 32.2. The maximum Gasteiger partial charge on any atom is 0.413 e. The molecule has 2 aliphatic rings. The van der Waals surface area contributed by atoms with E-state index in [1.807, 2.05) is 152 Å². The number of ether oxygens (including phenoxy) is 2. The lowest BCUT2D eigenvalue weighted by Gasteiger charge is -2.50. The number of rotatable bonds is 16. The molecule has 0 unspecified atom stereocenters. The van der Waals surface area contributed by atoms with Crippen LogP contribution in [0.15, 0.2) is 185 Å². The highest BCUT2D eigenvalue weighted by molar-refractivity contribution is 8.01. The lowest BCUT2D eigenvalue weighted by Crippen LogP contribution is -2.71. The molecule has 1 saturated heterocycles. The molecular weight excluding hydrogens is 973 g/mol. The number of carbonyl (C=O) groups excluding carboxylic acids is 3. The number of oxime groups is 1. The van der Waals surface area contributed by atoms with E-state index in [2.05, 4.69) is 25.8 Å². The molecule has 2 aromatic heterocycles. The molecule has 5 aromatic carbocycles. The second-order valence-corrected chi connectivity index (χ2v) is 20.7. The number of aryl methyl sites for hydroxylation is 1. The van der Waals surface area contributed by atoms with Crippen LogP contribution in [0.1, 0.15) is 60.4 Å². The van der Waals surface area contributed by atoms with Gasteiger partial charge in [-0.2, -0.15) is 9.90 Å². The van der Waals surface area contributed by atoms with Crippen LogP contribution < -0.4 is 10.6 Å². The first-order chi connectivity index (χ1) is 34.4. The molecule has 0 spiro atoms. The third-order valence-electron chi connectivity index (χ3n) is 11.3. The van der Waals surface area contributed by atoms with Gasteiger partial charge in [-0.15, -0.1) is 28.2 Å². The second-order valence-electron chi connectivity index (χ2n) is 17.4. The Morgan fingerprint density at radius 2 is 1.39 bits per heavy atom. The van der Waals surface area contributed by atoms with Crippen LogP contribution in [-0.4, -0.2) is 82.1 Å². The zero-order valence-electron chi connectivity index (χ0n) is 39.0. The van der Waals surface area contributed by atoms with Crippen LogP contribution in [-0.2, 0) is 36.5 Å². The van der Waals surface area contributed by atoms with E-state index in [1.165, 1.54) is 28.3 Å². The Morgan fingerprint density at radius 1 is 0.845 bits per heavy atom. The Hall–Kier alpha value is -7.12.